The number of carbonyl (C=O) groups is 1. The Balaban J connectivity index is 2.09. The van der Waals surface area contributed by atoms with Crippen molar-refractivity contribution in [2.75, 3.05) is 6.61 Å². The van der Waals surface area contributed by atoms with Gasteiger partial charge in [-0.15, -0.1) is 11.3 Å². The zero-order valence-electron chi connectivity index (χ0n) is 13.0. The summed E-state index contributed by atoms with van der Waals surface area (Å²) in [6.07, 6.45) is 0. The molecule has 0 fully saturated rings. The molecule has 0 radical (unpaired) electrons. The van der Waals surface area contributed by atoms with E-state index >= 15 is 0 Å². The maximum absolute atomic E-state index is 11.8. The van der Waals surface area contributed by atoms with Crippen LogP contribution in [-0.2, 0) is 0 Å². The Morgan fingerprint density at radius 1 is 1.27 bits per heavy atom. The molecule has 6 heteroatoms. The number of aryl methyl sites for hydroxylation is 1. The molecule has 3 N–H and O–H groups in total. The van der Waals surface area contributed by atoms with E-state index in [1.54, 1.807) is 18.3 Å². The van der Waals surface area contributed by atoms with Crippen molar-refractivity contribution in [3.05, 3.63) is 40.9 Å². The molecule has 118 valence electrons. The lowest BCUT2D eigenvalue weighted by atomic mass is 10.2. The van der Waals surface area contributed by atoms with Gasteiger partial charge in [0.25, 0.3) is 0 Å². The van der Waals surface area contributed by atoms with Crippen molar-refractivity contribution in [2.24, 2.45) is 0 Å². The van der Waals surface area contributed by atoms with Gasteiger partial charge in [-0.2, -0.15) is 0 Å². The summed E-state index contributed by atoms with van der Waals surface area (Å²) < 4.78 is 0. The predicted octanol–water partition coefficient (Wildman–Crippen LogP) is 2.86. The summed E-state index contributed by atoms with van der Waals surface area (Å²) in [5.41, 5.74) is 2.00. The van der Waals surface area contributed by atoms with Gasteiger partial charge in [0.2, 0.25) is 0 Å². The van der Waals surface area contributed by atoms with E-state index in [0.717, 1.165) is 21.1 Å². The zero-order chi connectivity index (χ0) is 16.1. The number of aliphatic hydroxyl groups excluding tert-OH is 1. The molecule has 2 unspecified atom stereocenters. The fourth-order valence-corrected chi connectivity index (χ4v) is 3.16. The quantitative estimate of drug-likeness (QED) is 0.793. The molecule has 1 heterocycles. The number of benzene rings is 1. The van der Waals surface area contributed by atoms with Crippen molar-refractivity contribution in [3.63, 3.8) is 0 Å². The van der Waals surface area contributed by atoms with Crippen LogP contribution in [0.5, 0.6) is 0 Å². The Morgan fingerprint density at radius 2 is 1.95 bits per heavy atom. The van der Waals surface area contributed by atoms with Gasteiger partial charge < -0.3 is 15.7 Å². The summed E-state index contributed by atoms with van der Waals surface area (Å²) in [5.74, 6) is 0. The second-order valence-corrected chi connectivity index (χ2v) is 6.29. The maximum atomic E-state index is 11.8. The van der Waals surface area contributed by atoms with E-state index in [0.29, 0.717) is 0 Å². The molecular weight excluding hydrogens is 298 g/mol. The Morgan fingerprint density at radius 3 is 2.59 bits per heavy atom. The Kier molecular flexibility index (Phi) is 5.51. The molecule has 0 bridgehead atoms. The van der Waals surface area contributed by atoms with Crippen LogP contribution in [0.15, 0.2) is 30.3 Å². The summed E-state index contributed by atoms with van der Waals surface area (Å²) >= 11 is 1.58. The van der Waals surface area contributed by atoms with Crippen molar-refractivity contribution in [1.82, 2.24) is 15.6 Å². The van der Waals surface area contributed by atoms with Crippen LogP contribution in [0.3, 0.4) is 0 Å². The van der Waals surface area contributed by atoms with E-state index in [-0.39, 0.29) is 24.7 Å². The average Bonchev–Trinajstić information content (AvgIpc) is 2.90. The highest BCUT2D eigenvalue weighted by atomic mass is 32.1. The van der Waals surface area contributed by atoms with Crippen LogP contribution >= 0.6 is 11.3 Å². The average molecular weight is 319 g/mol. The lowest BCUT2D eigenvalue weighted by molar-refractivity contribution is 0.218. The third kappa shape index (κ3) is 4.05. The third-order valence-corrected chi connectivity index (χ3v) is 4.63. The minimum atomic E-state index is -0.289. The molecule has 2 aromatic rings. The van der Waals surface area contributed by atoms with E-state index < -0.39 is 0 Å². The summed E-state index contributed by atoms with van der Waals surface area (Å²) in [5, 5.41) is 15.5. The number of carbonyl (C=O) groups excluding carboxylic acids is 1. The van der Waals surface area contributed by atoms with Crippen molar-refractivity contribution in [3.8, 4) is 10.6 Å². The number of aliphatic hydroxyl groups is 1. The highest BCUT2D eigenvalue weighted by Crippen LogP contribution is 2.31. The molecule has 0 saturated heterocycles. The molecule has 2 atom stereocenters. The Bertz CT molecular complexity index is 628. The smallest absolute Gasteiger partial charge is 0.315 e. The molecule has 0 spiro atoms. The molecule has 5 nitrogen and oxygen atoms in total. The molecule has 1 aromatic heterocycles. The number of amides is 2. The van der Waals surface area contributed by atoms with Crippen molar-refractivity contribution in [1.29, 1.82) is 0 Å². The van der Waals surface area contributed by atoms with Crippen LogP contribution in [0.1, 0.15) is 30.5 Å². The van der Waals surface area contributed by atoms with Crippen LogP contribution in [0.2, 0.25) is 0 Å². The molecule has 0 aliphatic rings. The van der Waals surface area contributed by atoms with Crippen LogP contribution < -0.4 is 10.6 Å². The number of nitrogens with one attached hydrogen (secondary N) is 2. The van der Waals surface area contributed by atoms with Gasteiger partial charge in [-0.25, -0.2) is 9.78 Å². The summed E-state index contributed by atoms with van der Waals surface area (Å²) in [7, 11) is 0. The van der Waals surface area contributed by atoms with Gasteiger partial charge >= 0.3 is 6.03 Å². The van der Waals surface area contributed by atoms with Crippen molar-refractivity contribution >= 4 is 17.4 Å². The van der Waals surface area contributed by atoms with E-state index in [1.165, 1.54) is 0 Å². The first-order valence-electron chi connectivity index (χ1n) is 7.22. The first-order chi connectivity index (χ1) is 10.5. The topological polar surface area (TPSA) is 74.2 Å². The van der Waals surface area contributed by atoms with Crippen molar-refractivity contribution in [2.45, 2.75) is 32.9 Å². The van der Waals surface area contributed by atoms with Crippen LogP contribution in [-0.4, -0.2) is 28.8 Å². The lowest BCUT2D eigenvalue weighted by Gasteiger charge is -2.16. The van der Waals surface area contributed by atoms with E-state index in [1.807, 2.05) is 44.2 Å². The van der Waals surface area contributed by atoms with Gasteiger partial charge in [0.15, 0.2) is 0 Å². The number of urea groups is 1. The fourth-order valence-electron chi connectivity index (χ4n) is 2.09. The van der Waals surface area contributed by atoms with Crippen LogP contribution in [0, 0.1) is 6.92 Å². The monoisotopic (exact) mass is 319 g/mol. The first kappa shape index (κ1) is 16.5. The number of thiazole rings is 1. The molecule has 2 rings (SSSR count). The molecule has 0 aliphatic heterocycles. The SMILES string of the molecule is Cc1nc(-c2ccccc2)sc1C(C)NC(=O)NC(C)CO. The van der Waals surface area contributed by atoms with Crippen LogP contribution in [0.25, 0.3) is 10.6 Å². The molecule has 2 amide bonds. The largest absolute Gasteiger partial charge is 0.394 e. The maximum Gasteiger partial charge on any atom is 0.315 e. The molecule has 1 aromatic carbocycles. The number of hydrogen-bond acceptors (Lipinski definition) is 4. The number of hydrogen-bond donors (Lipinski definition) is 3. The second kappa shape index (κ2) is 7.38. The summed E-state index contributed by atoms with van der Waals surface area (Å²) in [6, 6.07) is 9.29. The standard InChI is InChI=1S/C16H21N3O2S/c1-10(9-20)17-16(21)19-12(3)14-11(2)18-15(22-14)13-7-5-4-6-8-13/h4-8,10,12,20H,9H2,1-3H3,(H2,17,19,21). The summed E-state index contributed by atoms with van der Waals surface area (Å²) in [6.45, 7) is 5.54. The summed E-state index contributed by atoms with van der Waals surface area (Å²) in [4.78, 5) is 17.5. The van der Waals surface area contributed by atoms with Crippen molar-refractivity contribution < 1.29 is 9.90 Å². The zero-order valence-corrected chi connectivity index (χ0v) is 13.8. The highest BCUT2D eigenvalue weighted by molar-refractivity contribution is 7.15. The fraction of sp³-hybridized carbons (Fsp3) is 0.375. The van der Waals surface area contributed by atoms with Gasteiger partial charge in [-0.3, -0.25) is 0 Å². The normalized spacial score (nSPS) is 13.5. The predicted molar refractivity (Wildman–Crippen MR) is 88.9 cm³/mol. The number of nitrogens with zero attached hydrogens (tertiary/aromatic N) is 1. The van der Waals surface area contributed by atoms with E-state index in [9.17, 15) is 4.79 Å². The third-order valence-electron chi connectivity index (χ3n) is 3.25. The number of aromatic nitrogens is 1. The van der Waals surface area contributed by atoms with Gasteiger partial charge in [0.05, 0.1) is 29.3 Å². The first-order valence-corrected chi connectivity index (χ1v) is 8.03. The lowest BCUT2D eigenvalue weighted by Crippen LogP contribution is -2.43. The number of rotatable bonds is 5. The molecule has 22 heavy (non-hydrogen) atoms. The van der Waals surface area contributed by atoms with Gasteiger partial charge in [0.1, 0.15) is 5.01 Å². The van der Waals surface area contributed by atoms with E-state index in [2.05, 4.69) is 15.6 Å². The highest BCUT2D eigenvalue weighted by Gasteiger charge is 2.17. The Hall–Kier alpha value is -1.92. The minimum Gasteiger partial charge on any atom is -0.394 e. The van der Waals surface area contributed by atoms with Crippen LogP contribution in [0.4, 0.5) is 4.79 Å². The second-order valence-electron chi connectivity index (χ2n) is 5.26. The molecule has 0 saturated carbocycles. The molecule has 0 aliphatic carbocycles. The van der Waals surface area contributed by atoms with Gasteiger partial charge in [-0.05, 0) is 20.8 Å². The molecular formula is C16H21N3O2S. The van der Waals surface area contributed by atoms with Gasteiger partial charge in [-0.1, -0.05) is 30.3 Å². The Labute approximate surface area is 134 Å². The van der Waals surface area contributed by atoms with E-state index in [4.69, 9.17) is 5.11 Å². The minimum absolute atomic E-state index is 0.0838. The van der Waals surface area contributed by atoms with Gasteiger partial charge in [0, 0.05) is 5.56 Å².